The van der Waals surface area contributed by atoms with E-state index in [9.17, 15) is 0 Å². The molecule has 0 amide bonds. The zero-order chi connectivity index (χ0) is 16.7. The van der Waals surface area contributed by atoms with Crippen molar-refractivity contribution in [3.63, 3.8) is 0 Å². The van der Waals surface area contributed by atoms with E-state index in [0.717, 1.165) is 22.5 Å². The molecule has 2 rings (SSSR count). The quantitative estimate of drug-likeness (QED) is 0.684. The van der Waals surface area contributed by atoms with E-state index >= 15 is 0 Å². The third-order valence-electron chi connectivity index (χ3n) is 3.51. The van der Waals surface area contributed by atoms with Crippen molar-refractivity contribution in [2.75, 3.05) is 0 Å². The fraction of sp³-hybridized carbons (Fsp3) is 0.444. The first kappa shape index (κ1) is 12.1. The van der Waals surface area contributed by atoms with E-state index in [1.54, 1.807) is 12.4 Å². The molecule has 0 saturated heterocycles. The molecule has 2 heteroatoms. The molecule has 2 aliphatic rings. The molecule has 0 fully saturated rings. The monoisotopic (exact) mass is 272 g/mol. The predicted octanol–water partition coefficient (Wildman–Crippen LogP) is 4.38. The molecular formula is C18H26N2. The Bertz CT molecular complexity index is 554. The van der Waals surface area contributed by atoms with Crippen LogP contribution in [-0.4, -0.2) is 0 Å². The topological polar surface area (TPSA) is 24.1 Å². The van der Waals surface area contributed by atoms with E-state index in [2.05, 4.69) is 41.5 Å². The van der Waals surface area contributed by atoms with E-state index in [-0.39, 0.29) is 10.8 Å². The average Bonchev–Trinajstić information content (AvgIpc) is 2.37. The molecule has 0 aromatic heterocycles. The van der Waals surface area contributed by atoms with Crippen LogP contribution in [0.4, 0.5) is 0 Å². The number of rotatable bonds is 0. The summed E-state index contributed by atoms with van der Waals surface area (Å²) >= 11 is 0. The molecule has 0 saturated carbocycles. The lowest BCUT2D eigenvalue weighted by Crippen LogP contribution is -2.22. The van der Waals surface area contributed by atoms with Crippen LogP contribution in [0.3, 0.4) is 0 Å². The largest absolute Gasteiger partial charge is 0.360 e. The summed E-state index contributed by atoms with van der Waals surface area (Å²) in [4.78, 5) is 0. The average molecular weight is 272 g/mol. The van der Waals surface area contributed by atoms with Gasteiger partial charge in [0, 0.05) is 12.4 Å². The number of nitrogens with one attached hydrogen (secondary N) is 2. The van der Waals surface area contributed by atoms with Gasteiger partial charge in [0.1, 0.15) is 0 Å². The van der Waals surface area contributed by atoms with Gasteiger partial charge in [-0.3, -0.25) is 0 Å². The highest BCUT2D eigenvalue weighted by atomic mass is 14.9. The van der Waals surface area contributed by atoms with Gasteiger partial charge in [0.15, 0.2) is 2.82 Å². The number of dihydropyridines is 2. The molecule has 108 valence electrons. The first-order valence-electron chi connectivity index (χ1n) is 8.01. The Hall–Kier alpha value is -1.70. The Labute approximate surface area is 126 Å². The maximum atomic E-state index is 8.15. The minimum Gasteiger partial charge on any atom is -0.360 e. The number of hydrogen-bond donors (Lipinski definition) is 2. The van der Waals surface area contributed by atoms with Crippen molar-refractivity contribution in [1.82, 2.24) is 10.6 Å². The molecule has 0 bridgehead atoms. The molecule has 0 unspecified atom stereocenters. The van der Waals surface area contributed by atoms with Crippen LogP contribution in [0.5, 0.6) is 0 Å². The van der Waals surface area contributed by atoms with Crippen LogP contribution in [0, 0.1) is 10.8 Å². The molecule has 0 radical (unpaired) electrons. The molecule has 0 spiro atoms. The summed E-state index contributed by atoms with van der Waals surface area (Å²) in [6, 6.07) is 0. The number of allylic oxidation sites excluding steroid dienone is 6. The van der Waals surface area contributed by atoms with Crippen molar-refractivity contribution in [2.45, 2.75) is 41.5 Å². The van der Waals surface area contributed by atoms with Crippen LogP contribution in [0.15, 0.2) is 59.2 Å². The highest BCUT2D eigenvalue weighted by molar-refractivity contribution is 5.46. The highest BCUT2D eigenvalue weighted by Gasteiger charge is 2.20. The second kappa shape index (κ2) is 5.01. The maximum Gasteiger partial charge on any atom is 0.166 e. The minimum absolute atomic E-state index is 0.0114. The van der Waals surface area contributed by atoms with Crippen molar-refractivity contribution < 1.29 is 2.82 Å². The maximum absolute atomic E-state index is 8.15. The molecule has 0 aromatic rings. The Morgan fingerprint density at radius 3 is 1.40 bits per heavy atom. The van der Waals surface area contributed by atoms with Gasteiger partial charge in [-0.25, -0.2) is 0 Å². The summed E-state index contributed by atoms with van der Waals surface area (Å²) in [6.45, 7) is 12.9. The Balaban J connectivity index is 2.56. The molecule has 2 nitrogen and oxygen atoms in total. The van der Waals surface area contributed by atoms with Crippen molar-refractivity contribution in [2.24, 2.45) is 10.8 Å². The molecular weight excluding hydrogens is 244 g/mol. The van der Waals surface area contributed by atoms with Crippen molar-refractivity contribution in [3.8, 4) is 0 Å². The first-order valence-corrected chi connectivity index (χ1v) is 7.11. The lowest BCUT2D eigenvalue weighted by molar-refractivity contribution is 0.512. The van der Waals surface area contributed by atoms with Gasteiger partial charge < -0.3 is 10.6 Å². The van der Waals surface area contributed by atoms with Gasteiger partial charge in [-0.05, 0) is 46.3 Å². The summed E-state index contributed by atoms with van der Waals surface area (Å²) in [5, 5.41) is 2.67. The Morgan fingerprint density at radius 1 is 0.750 bits per heavy atom. The molecule has 2 heterocycles. The van der Waals surface area contributed by atoms with Crippen molar-refractivity contribution in [3.05, 3.63) is 59.2 Å². The van der Waals surface area contributed by atoms with E-state index in [4.69, 9.17) is 2.82 Å². The van der Waals surface area contributed by atoms with Gasteiger partial charge in [0.05, 0.1) is 11.4 Å². The van der Waals surface area contributed by atoms with E-state index < -0.39 is 0 Å². The summed E-state index contributed by atoms with van der Waals surface area (Å²) in [6.07, 6.45) is 11.5. The summed E-state index contributed by atoms with van der Waals surface area (Å²) in [5.74, 6) is 0. The van der Waals surface area contributed by atoms with E-state index in [1.807, 2.05) is 24.3 Å². The Kier molecular flexibility index (Phi) is 3.02. The van der Waals surface area contributed by atoms with Crippen LogP contribution in [-0.2, 0) is 0 Å². The fourth-order valence-electron chi connectivity index (χ4n) is 2.07. The normalized spacial score (nSPS) is 25.3. The first-order chi connectivity index (χ1) is 10.00. The smallest absolute Gasteiger partial charge is 0.166 e. The van der Waals surface area contributed by atoms with Crippen LogP contribution >= 0.6 is 0 Å². The molecule has 2 N–H and O–H groups in total. The summed E-state index contributed by atoms with van der Waals surface area (Å²) in [7, 11) is 0. The molecule has 0 aliphatic carbocycles. The van der Waals surface area contributed by atoms with Crippen molar-refractivity contribution in [1.29, 1.82) is 0 Å². The second-order valence-corrected chi connectivity index (χ2v) is 7.36. The summed E-state index contributed by atoms with van der Waals surface area (Å²) in [5.41, 5.74) is 3.80. The van der Waals surface area contributed by atoms with Gasteiger partial charge >= 0.3 is 0 Å². The zero-order valence-corrected chi connectivity index (χ0v) is 13.4. The second-order valence-electron chi connectivity index (χ2n) is 7.36. The molecule has 2 aliphatic heterocycles. The predicted molar refractivity (Wildman–Crippen MR) is 86.7 cm³/mol. The zero-order valence-electron chi connectivity index (χ0n) is 15.4. The van der Waals surface area contributed by atoms with Gasteiger partial charge in [0.25, 0.3) is 0 Å². The SMILES string of the molecule is [2H]N1C=CC(C(C)(C)C)=CC1=C1C=C(C(C)(C)C)C=CN1[2H]. The summed E-state index contributed by atoms with van der Waals surface area (Å²) < 4.78 is 16.3. The third-order valence-corrected chi connectivity index (χ3v) is 3.51. The van der Waals surface area contributed by atoms with E-state index in [1.165, 1.54) is 10.6 Å². The highest BCUT2D eigenvalue weighted by Crippen LogP contribution is 2.31. The van der Waals surface area contributed by atoms with E-state index in [0.29, 0.717) is 0 Å². The van der Waals surface area contributed by atoms with Crippen molar-refractivity contribution >= 4 is 0 Å². The lowest BCUT2D eigenvalue weighted by Gasteiger charge is -2.27. The molecule has 0 aromatic carbocycles. The molecule has 0 atom stereocenters. The van der Waals surface area contributed by atoms with Gasteiger partial charge in [0.2, 0.25) is 0 Å². The van der Waals surface area contributed by atoms with Crippen LogP contribution in [0.25, 0.3) is 0 Å². The van der Waals surface area contributed by atoms with Gasteiger partial charge in [-0.15, -0.1) is 0 Å². The lowest BCUT2D eigenvalue weighted by atomic mass is 9.83. The third kappa shape index (κ3) is 3.24. The van der Waals surface area contributed by atoms with Crippen LogP contribution < -0.4 is 10.6 Å². The number of hydrogen-bond acceptors (Lipinski definition) is 2. The Morgan fingerprint density at radius 2 is 1.10 bits per heavy atom. The van der Waals surface area contributed by atoms with Crippen LogP contribution in [0.1, 0.15) is 41.5 Å². The van der Waals surface area contributed by atoms with Gasteiger partial charge in [-0.1, -0.05) is 41.5 Å². The standard InChI is InChI=1S/C18H26N2/c1-17(2,3)13-7-9-19-15(11-13)16-12-14(8-10-20-16)18(4,5)6/h7-12,19-20H,1-6H3/i/hD2. The van der Waals surface area contributed by atoms with Crippen LogP contribution in [0.2, 0.25) is 2.82 Å². The minimum atomic E-state index is 0.0114. The van der Waals surface area contributed by atoms with Gasteiger partial charge in [-0.2, -0.15) is 0 Å². The molecule has 20 heavy (non-hydrogen) atoms. The fourth-order valence-corrected chi connectivity index (χ4v) is 2.07.